The Hall–Kier alpha value is -4.45. The number of carbonyl (C=O) groups is 2. The minimum atomic E-state index is -0.416. The highest BCUT2D eigenvalue weighted by Gasteiger charge is 2.32. The summed E-state index contributed by atoms with van der Waals surface area (Å²) in [6, 6.07) is 26.0. The van der Waals surface area contributed by atoms with E-state index in [0.29, 0.717) is 17.3 Å². The van der Waals surface area contributed by atoms with Crippen molar-refractivity contribution in [2.45, 2.75) is 0 Å². The number of benzene rings is 3. The number of amides is 1. The molecular formula is C26H21N3O3. The fraction of sp³-hybridized carbons (Fsp3) is 0.0385. The molecule has 0 saturated carbocycles. The first-order valence-corrected chi connectivity index (χ1v) is 10.0. The number of amidine groups is 1. The predicted molar refractivity (Wildman–Crippen MR) is 125 cm³/mol. The zero-order valence-corrected chi connectivity index (χ0v) is 17.4. The Balaban J connectivity index is 1.61. The van der Waals surface area contributed by atoms with Crippen molar-refractivity contribution in [2.75, 3.05) is 12.5 Å². The molecule has 0 aliphatic carbocycles. The number of nitrogens with one attached hydrogen (secondary N) is 1. The van der Waals surface area contributed by atoms with E-state index in [2.05, 4.69) is 10.4 Å². The fourth-order valence-corrected chi connectivity index (χ4v) is 3.12. The molecule has 0 radical (unpaired) electrons. The molecule has 0 aromatic heterocycles. The van der Waals surface area contributed by atoms with Crippen LogP contribution in [0.4, 0.5) is 5.69 Å². The van der Waals surface area contributed by atoms with Crippen LogP contribution in [0.5, 0.6) is 5.75 Å². The molecule has 1 aliphatic rings. The van der Waals surface area contributed by atoms with E-state index in [0.717, 1.165) is 11.1 Å². The van der Waals surface area contributed by atoms with E-state index in [-0.39, 0.29) is 11.5 Å². The van der Waals surface area contributed by atoms with Gasteiger partial charge in [-0.25, -0.2) is 4.99 Å². The van der Waals surface area contributed by atoms with Gasteiger partial charge in [0, 0.05) is 11.6 Å². The van der Waals surface area contributed by atoms with E-state index >= 15 is 0 Å². The number of methoxy groups -OCH3 is 1. The summed E-state index contributed by atoms with van der Waals surface area (Å²) in [6.45, 7) is 0. The van der Waals surface area contributed by atoms with Crippen LogP contribution in [0.2, 0.25) is 0 Å². The summed E-state index contributed by atoms with van der Waals surface area (Å²) in [5.74, 6) is 0.384. The second kappa shape index (κ2) is 9.57. The minimum absolute atomic E-state index is 0.0626. The summed E-state index contributed by atoms with van der Waals surface area (Å²) in [4.78, 5) is 30.0. The van der Waals surface area contributed by atoms with Gasteiger partial charge in [0.2, 0.25) is 0 Å². The van der Waals surface area contributed by atoms with Crippen LogP contribution < -0.4 is 10.2 Å². The Labute approximate surface area is 186 Å². The van der Waals surface area contributed by atoms with Gasteiger partial charge >= 0.3 is 0 Å². The van der Waals surface area contributed by atoms with Gasteiger partial charge in [-0.3, -0.25) is 15.0 Å². The summed E-state index contributed by atoms with van der Waals surface area (Å²) in [7, 11) is 1.59. The molecule has 1 aliphatic heterocycles. The largest absolute Gasteiger partial charge is 0.497 e. The SMILES string of the molecule is COc1ccc(NN2C(=O)/C(=C/C(=O)/C=C/c3ccccc3)N=C2c2ccccc2)cc1. The van der Waals surface area contributed by atoms with Crippen LogP contribution >= 0.6 is 0 Å². The molecule has 4 rings (SSSR count). The van der Waals surface area contributed by atoms with Crippen LogP contribution in [-0.2, 0) is 9.59 Å². The Morgan fingerprint density at radius 2 is 1.59 bits per heavy atom. The van der Waals surface area contributed by atoms with Crippen molar-refractivity contribution < 1.29 is 14.3 Å². The van der Waals surface area contributed by atoms with Crippen molar-refractivity contribution >= 4 is 29.3 Å². The Bertz CT molecular complexity index is 1200. The summed E-state index contributed by atoms with van der Waals surface area (Å²) in [6.07, 6.45) is 4.38. The summed E-state index contributed by atoms with van der Waals surface area (Å²) in [5, 5.41) is 1.34. The van der Waals surface area contributed by atoms with Crippen molar-refractivity contribution in [1.82, 2.24) is 5.01 Å². The first-order valence-electron chi connectivity index (χ1n) is 10.0. The first kappa shape index (κ1) is 20.8. The molecule has 0 bridgehead atoms. The van der Waals surface area contributed by atoms with E-state index in [1.165, 1.54) is 17.2 Å². The third kappa shape index (κ3) is 4.82. The third-order valence-corrected chi connectivity index (χ3v) is 4.74. The zero-order valence-electron chi connectivity index (χ0n) is 17.4. The Morgan fingerprint density at radius 1 is 0.938 bits per heavy atom. The lowest BCUT2D eigenvalue weighted by molar-refractivity contribution is -0.122. The van der Waals surface area contributed by atoms with Gasteiger partial charge in [-0.1, -0.05) is 66.7 Å². The average Bonchev–Trinajstić information content (AvgIpc) is 3.14. The summed E-state index contributed by atoms with van der Waals surface area (Å²) < 4.78 is 5.18. The van der Waals surface area contributed by atoms with Crippen molar-refractivity contribution in [3.8, 4) is 5.75 Å². The molecule has 0 fully saturated rings. The topological polar surface area (TPSA) is 71.0 Å². The number of allylic oxidation sites excluding steroid dienone is 2. The number of rotatable bonds is 7. The molecule has 1 amide bonds. The molecule has 0 unspecified atom stereocenters. The molecule has 0 saturated heterocycles. The smallest absolute Gasteiger partial charge is 0.297 e. The number of hydrazine groups is 1. The quantitative estimate of drug-likeness (QED) is 0.569. The van der Waals surface area contributed by atoms with Gasteiger partial charge < -0.3 is 4.74 Å². The highest BCUT2D eigenvalue weighted by molar-refractivity contribution is 6.21. The number of anilines is 1. The van der Waals surface area contributed by atoms with Crippen LogP contribution in [-0.4, -0.2) is 29.6 Å². The van der Waals surface area contributed by atoms with Crippen LogP contribution in [0.15, 0.2) is 108 Å². The minimum Gasteiger partial charge on any atom is -0.497 e. The standard InChI is InChI=1S/C26H21N3O3/c1-32-23-16-13-21(14-17-23)28-29-25(20-10-6-3-7-11-20)27-24(26(29)31)18-22(30)15-12-19-8-4-2-5-9-19/h2-18,28H,1H3/b15-12+,24-18-. The first-order chi connectivity index (χ1) is 15.6. The predicted octanol–water partition coefficient (Wildman–Crippen LogP) is 4.48. The maximum absolute atomic E-state index is 13.1. The van der Waals surface area contributed by atoms with Gasteiger partial charge in [0.15, 0.2) is 11.6 Å². The Kier molecular flexibility index (Phi) is 6.22. The van der Waals surface area contributed by atoms with Gasteiger partial charge in [0.1, 0.15) is 11.4 Å². The Morgan fingerprint density at radius 3 is 2.25 bits per heavy atom. The maximum atomic E-state index is 13.1. The lowest BCUT2D eigenvalue weighted by Crippen LogP contribution is -2.37. The molecule has 3 aromatic rings. The molecule has 32 heavy (non-hydrogen) atoms. The number of ether oxygens (including phenoxy) is 1. The van der Waals surface area contributed by atoms with Crippen LogP contribution in [0.25, 0.3) is 6.08 Å². The number of hydrogen-bond donors (Lipinski definition) is 1. The van der Waals surface area contributed by atoms with Crippen molar-refractivity contribution in [3.05, 3.63) is 114 Å². The lowest BCUT2D eigenvalue weighted by Gasteiger charge is -2.20. The van der Waals surface area contributed by atoms with E-state index in [9.17, 15) is 9.59 Å². The van der Waals surface area contributed by atoms with Crippen LogP contribution in [0, 0.1) is 0 Å². The van der Waals surface area contributed by atoms with E-state index in [4.69, 9.17) is 4.74 Å². The van der Waals surface area contributed by atoms with Crippen molar-refractivity contribution in [1.29, 1.82) is 0 Å². The third-order valence-electron chi connectivity index (χ3n) is 4.74. The average molecular weight is 423 g/mol. The number of nitrogens with zero attached hydrogens (tertiary/aromatic N) is 2. The van der Waals surface area contributed by atoms with Crippen molar-refractivity contribution in [3.63, 3.8) is 0 Å². The molecule has 1 heterocycles. The van der Waals surface area contributed by atoms with Crippen molar-refractivity contribution in [2.24, 2.45) is 4.99 Å². The van der Waals surface area contributed by atoms with Gasteiger partial charge in [-0.05, 0) is 35.9 Å². The molecule has 0 atom stereocenters. The number of carbonyl (C=O) groups excluding carboxylic acids is 2. The highest BCUT2D eigenvalue weighted by atomic mass is 16.5. The second-order valence-corrected chi connectivity index (χ2v) is 6.96. The normalized spacial score (nSPS) is 14.7. The molecule has 158 valence electrons. The van der Waals surface area contributed by atoms with Gasteiger partial charge in [0.25, 0.3) is 5.91 Å². The summed E-state index contributed by atoms with van der Waals surface area (Å²) >= 11 is 0. The van der Waals surface area contributed by atoms with E-state index in [1.807, 2.05) is 60.7 Å². The highest BCUT2D eigenvalue weighted by Crippen LogP contribution is 2.23. The van der Waals surface area contributed by atoms with E-state index < -0.39 is 5.91 Å². The molecule has 6 heteroatoms. The molecule has 6 nitrogen and oxygen atoms in total. The van der Waals surface area contributed by atoms with E-state index in [1.54, 1.807) is 37.5 Å². The number of aliphatic imine (C=N–C) groups is 1. The number of hydrogen-bond acceptors (Lipinski definition) is 5. The fourth-order valence-electron chi connectivity index (χ4n) is 3.12. The van der Waals surface area contributed by atoms with Gasteiger partial charge in [-0.15, -0.1) is 0 Å². The second-order valence-electron chi connectivity index (χ2n) is 6.96. The zero-order chi connectivity index (χ0) is 22.3. The van der Waals surface area contributed by atoms with Crippen LogP contribution in [0.1, 0.15) is 11.1 Å². The molecule has 1 N–H and O–H groups in total. The van der Waals surface area contributed by atoms with Gasteiger partial charge in [-0.2, -0.15) is 5.01 Å². The number of ketones is 1. The van der Waals surface area contributed by atoms with Gasteiger partial charge in [0.05, 0.1) is 12.8 Å². The monoisotopic (exact) mass is 423 g/mol. The molecule has 0 spiro atoms. The summed E-state index contributed by atoms with van der Waals surface area (Å²) in [5.41, 5.74) is 5.47. The molecule has 3 aromatic carbocycles. The lowest BCUT2D eigenvalue weighted by atomic mass is 10.2. The molecular weight excluding hydrogens is 402 g/mol. The maximum Gasteiger partial charge on any atom is 0.297 e. The van der Waals surface area contributed by atoms with Crippen LogP contribution in [0.3, 0.4) is 0 Å².